The first-order chi connectivity index (χ1) is 15.8. The maximum Gasteiger partial charge on any atom is 0.338 e. The zero-order valence-electron chi connectivity index (χ0n) is 17.8. The number of benzene rings is 2. The predicted octanol–water partition coefficient (Wildman–Crippen LogP) is 4.10. The summed E-state index contributed by atoms with van der Waals surface area (Å²) < 4.78 is 10.2. The van der Waals surface area contributed by atoms with Crippen molar-refractivity contribution >= 4 is 58.3 Å². The molecule has 0 spiro atoms. The van der Waals surface area contributed by atoms with Crippen molar-refractivity contribution < 1.29 is 28.7 Å². The first kappa shape index (κ1) is 24.5. The normalized spacial score (nSPS) is 15.3. The Morgan fingerprint density at radius 3 is 2.45 bits per heavy atom. The van der Waals surface area contributed by atoms with Gasteiger partial charge in [-0.25, -0.2) is 4.79 Å². The predicted molar refractivity (Wildman–Crippen MR) is 124 cm³/mol. The number of hydrogen-bond acceptors (Lipinski definition) is 6. The van der Waals surface area contributed by atoms with Crippen molar-refractivity contribution in [1.29, 1.82) is 0 Å². The van der Waals surface area contributed by atoms with Crippen LogP contribution < -0.4 is 10.2 Å². The molecule has 1 aliphatic rings. The first-order valence-electron chi connectivity index (χ1n) is 10.3. The highest BCUT2D eigenvalue weighted by molar-refractivity contribution is 6.42. The third-order valence-corrected chi connectivity index (χ3v) is 5.60. The molecule has 1 saturated heterocycles. The monoisotopic (exact) mass is 492 g/mol. The summed E-state index contributed by atoms with van der Waals surface area (Å²) in [5.41, 5.74) is 1.34. The Morgan fingerprint density at radius 1 is 1.06 bits per heavy atom. The number of ether oxygens (including phenoxy) is 2. The third-order valence-electron chi connectivity index (χ3n) is 4.86. The summed E-state index contributed by atoms with van der Waals surface area (Å²) in [6, 6.07) is 11.0. The van der Waals surface area contributed by atoms with Crippen molar-refractivity contribution in [3.05, 3.63) is 58.1 Å². The number of amides is 2. The Kier molecular flexibility index (Phi) is 8.30. The lowest BCUT2D eigenvalue weighted by molar-refractivity contribution is -0.151. The fourth-order valence-electron chi connectivity index (χ4n) is 3.20. The molecule has 2 aromatic rings. The number of carbonyl (C=O) groups excluding carboxylic acids is 4. The van der Waals surface area contributed by atoms with Crippen molar-refractivity contribution in [1.82, 2.24) is 0 Å². The number of esters is 2. The number of hydrogen-bond donors (Lipinski definition) is 1. The van der Waals surface area contributed by atoms with E-state index in [1.54, 1.807) is 30.3 Å². The lowest BCUT2D eigenvalue weighted by Gasteiger charge is -2.17. The van der Waals surface area contributed by atoms with Gasteiger partial charge in [-0.05, 0) is 48.9 Å². The van der Waals surface area contributed by atoms with Crippen LogP contribution in [-0.4, -0.2) is 43.5 Å². The molecule has 0 unspecified atom stereocenters. The Morgan fingerprint density at radius 2 is 1.79 bits per heavy atom. The van der Waals surface area contributed by atoms with Gasteiger partial charge in [0.15, 0.2) is 6.61 Å². The number of carbonyl (C=O) groups is 4. The second-order valence-electron chi connectivity index (χ2n) is 7.37. The Labute approximate surface area is 200 Å². The van der Waals surface area contributed by atoms with Gasteiger partial charge in [0.1, 0.15) is 0 Å². The van der Waals surface area contributed by atoms with Crippen LogP contribution in [0.4, 0.5) is 11.4 Å². The van der Waals surface area contributed by atoms with Gasteiger partial charge in [0.2, 0.25) is 5.91 Å². The van der Waals surface area contributed by atoms with Crippen LogP contribution in [0.5, 0.6) is 0 Å². The average Bonchev–Trinajstić information content (AvgIpc) is 3.20. The van der Waals surface area contributed by atoms with Gasteiger partial charge in [-0.3, -0.25) is 14.4 Å². The molecule has 0 aromatic heterocycles. The van der Waals surface area contributed by atoms with Gasteiger partial charge < -0.3 is 19.7 Å². The Balaban J connectivity index is 1.51. The summed E-state index contributed by atoms with van der Waals surface area (Å²) in [7, 11) is 0. The molecule has 1 N–H and O–H groups in total. The second-order valence-corrected chi connectivity index (χ2v) is 8.19. The van der Waals surface area contributed by atoms with Crippen LogP contribution in [0.1, 0.15) is 30.1 Å². The summed E-state index contributed by atoms with van der Waals surface area (Å²) >= 11 is 11.7. The van der Waals surface area contributed by atoms with E-state index in [0.29, 0.717) is 28.6 Å². The van der Waals surface area contributed by atoms with E-state index in [-0.39, 0.29) is 23.9 Å². The van der Waals surface area contributed by atoms with Gasteiger partial charge in [0.25, 0.3) is 5.91 Å². The number of rotatable bonds is 8. The summed E-state index contributed by atoms with van der Waals surface area (Å²) in [6.45, 7) is 1.85. The van der Waals surface area contributed by atoms with E-state index >= 15 is 0 Å². The lowest BCUT2D eigenvalue weighted by Crippen LogP contribution is -2.28. The van der Waals surface area contributed by atoms with Gasteiger partial charge in [-0.2, -0.15) is 0 Å². The van der Waals surface area contributed by atoms with Gasteiger partial charge in [-0.1, -0.05) is 30.1 Å². The van der Waals surface area contributed by atoms with Crippen molar-refractivity contribution in [2.75, 3.05) is 30.0 Å². The van der Waals surface area contributed by atoms with Gasteiger partial charge in [0, 0.05) is 24.3 Å². The second kappa shape index (κ2) is 11.2. The molecule has 3 rings (SSSR count). The van der Waals surface area contributed by atoms with E-state index in [2.05, 4.69) is 5.32 Å². The van der Waals surface area contributed by atoms with Crippen molar-refractivity contribution in [2.24, 2.45) is 5.92 Å². The van der Waals surface area contributed by atoms with Crippen molar-refractivity contribution in [3.8, 4) is 0 Å². The molecule has 1 fully saturated rings. The number of anilines is 2. The van der Waals surface area contributed by atoms with E-state index in [9.17, 15) is 19.2 Å². The fourth-order valence-corrected chi connectivity index (χ4v) is 3.49. The molecule has 2 amide bonds. The molecule has 10 heteroatoms. The molecule has 8 nitrogen and oxygen atoms in total. The van der Waals surface area contributed by atoms with E-state index in [1.165, 1.54) is 17.0 Å². The molecule has 33 heavy (non-hydrogen) atoms. The van der Waals surface area contributed by atoms with Crippen molar-refractivity contribution in [3.63, 3.8) is 0 Å². The van der Waals surface area contributed by atoms with Gasteiger partial charge in [0.05, 0.1) is 28.1 Å². The summed E-state index contributed by atoms with van der Waals surface area (Å²) in [5, 5.41) is 3.18. The van der Waals surface area contributed by atoms with Crippen LogP contribution in [0.25, 0.3) is 0 Å². The highest BCUT2D eigenvalue weighted by Crippen LogP contribution is 2.27. The minimum Gasteiger partial charge on any atom is -0.462 e. The molecule has 0 saturated carbocycles. The molecule has 0 bridgehead atoms. The molecule has 2 aromatic carbocycles. The van der Waals surface area contributed by atoms with E-state index in [1.807, 2.05) is 6.92 Å². The smallest absolute Gasteiger partial charge is 0.338 e. The lowest BCUT2D eigenvalue weighted by atomic mass is 10.1. The van der Waals surface area contributed by atoms with Crippen LogP contribution in [0.3, 0.4) is 0 Å². The minimum absolute atomic E-state index is 0.0342. The van der Waals surface area contributed by atoms with E-state index in [0.717, 1.165) is 6.42 Å². The maximum absolute atomic E-state index is 12.4. The zero-order chi connectivity index (χ0) is 24.0. The highest BCUT2D eigenvalue weighted by Gasteiger charge is 2.36. The summed E-state index contributed by atoms with van der Waals surface area (Å²) in [4.78, 5) is 50.2. The maximum atomic E-state index is 12.4. The SMILES string of the molecule is CCCOC(=O)c1ccc(N2C[C@@H](C(=O)OCC(=O)Nc3ccc(Cl)c(Cl)c3)CC2=O)cc1. The Bertz CT molecular complexity index is 1060. The van der Waals surface area contributed by atoms with Crippen molar-refractivity contribution in [2.45, 2.75) is 19.8 Å². The van der Waals surface area contributed by atoms with Crippen LogP contribution in [0.15, 0.2) is 42.5 Å². The zero-order valence-corrected chi connectivity index (χ0v) is 19.3. The largest absolute Gasteiger partial charge is 0.462 e. The Hall–Kier alpha value is -3.10. The highest BCUT2D eigenvalue weighted by atomic mass is 35.5. The summed E-state index contributed by atoms with van der Waals surface area (Å²) in [6.07, 6.45) is 0.689. The quantitative estimate of drug-likeness (QED) is 0.556. The van der Waals surface area contributed by atoms with Gasteiger partial charge in [-0.15, -0.1) is 0 Å². The van der Waals surface area contributed by atoms with Crippen LogP contribution in [0.2, 0.25) is 10.0 Å². The van der Waals surface area contributed by atoms with Crippen LogP contribution >= 0.6 is 23.2 Å². The van der Waals surface area contributed by atoms with Crippen LogP contribution in [0, 0.1) is 5.92 Å². The molecule has 0 aliphatic carbocycles. The minimum atomic E-state index is -0.704. The standard InChI is InChI=1S/C23H22Cl2N2O6/c1-2-9-32-22(30)14-3-6-17(7-4-14)27-12-15(10-21(27)29)23(31)33-13-20(28)26-16-5-8-18(24)19(25)11-16/h3-8,11,15H,2,9-10,12-13H2,1H3,(H,26,28)/t15-/m0/s1. The topological polar surface area (TPSA) is 102 Å². The van der Waals surface area contributed by atoms with E-state index < -0.39 is 30.4 Å². The third kappa shape index (κ3) is 6.46. The average molecular weight is 493 g/mol. The first-order valence-corrected chi connectivity index (χ1v) is 11.0. The molecule has 174 valence electrons. The molecule has 0 radical (unpaired) electrons. The number of nitrogens with zero attached hydrogens (tertiary/aromatic N) is 1. The summed E-state index contributed by atoms with van der Waals surface area (Å²) in [5.74, 6) is -2.58. The van der Waals surface area contributed by atoms with Gasteiger partial charge >= 0.3 is 11.9 Å². The molecule has 1 atom stereocenters. The fraction of sp³-hybridized carbons (Fsp3) is 0.304. The number of halogens is 2. The van der Waals surface area contributed by atoms with E-state index in [4.69, 9.17) is 32.7 Å². The molecule has 1 aliphatic heterocycles. The number of nitrogens with one attached hydrogen (secondary N) is 1. The molecular weight excluding hydrogens is 471 g/mol. The molecular formula is C23H22Cl2N2O6. The molecule has 1 heterocycles. The van der Waals surface area contributed by atoms with Crippen LogP contribution in [-0.2, 0) is 23.9 Å².